The molecule has 0 aromatic carbocycles. The summed E-state index contributed by atoms with van der Waals surface area (Å²) in [5.41, 5.74) is 0.707. The molecule has 0 fully saturated rings. The van der Waals surface area contributed by atoms with Gasteiger partial charge in [-0.2, -0.15) is 0 Å². The third kappa shape index (κ3) is 1.96. The van der Waals surface area contributed by atoms with Crippen LogP contribution in [0.4, 0.5) is 11.6 Å². The van der Waals surface area contributed by atoms with Gasteiger partial charge in [0.25, 0.3) is 0 Å². The molecule has 5 nitrogen and oxygen atoms in total. The third-order valence-corrected chi connectivity index (χ3v) is 1.39. The molecule has 13 heavy (non-hydrogen) atoms. The number of aromatic amines is 1. The van der Waals surface area contributed by atoms with E-state index in [0.717, 1.165) is 0 Å². The van der Waals surface area contributed by atoms with E-state index in [4.69, 9.17) is 0 Å². The normalized spacial score (nSPS) is 10.8. The Labute approximate surface area is 74.6 Å². The molecule has 1 N–H and O–H groups in total. The molecule has 2 aromatic heterocycles. The van der Waals surface area contributed by atoms with Gasteiger partial charge in [-0.05, 0) is 12.1 Å². The number of hydrogen-bond acceptors (Lipinski definition) is 4. The van der Waals surface area contributed by atoms with Crippen LogP contribution in [-0.4, -0.2) is 15.0 Å². The van der Waals surface area contributed by atoms with E-state index < -0.39 is 0 Å². The summed E-state index contributed by atoms with van der Waals surface area (Å²) in [6.07, 6.45) is 6.63. The van der Waals surface area contributed by atoms with Crippen molar-refractivity contribution in [3.05, 3.63) is 36.9 Å². The van der Waals surface area contributed by atoms with Crippen molar-refractivity contribution in [1.82, 2.24) is 15.0 Å². The van der Waals surface area contributed by atoms with E-state index in [0.29, 0.717) is 11.6 Å². The molecule has 0 aliphatic rings. The predicted octanol–water partition coefficient (Wildman–Crippen LogP) is 2.22. The van der Waals surface area contributed by atoms with E-state index in [1.165, 1.54) is 0 Å². The van der Waals surface area contributed by atoms with Crippen LogP contribution in [0.2, 0.25) is 0 Å². The van der Waals surface area contributed by atoms with Crippen molar-refractivity contribution in [3.8, 4) is 0 Å². The summed E-state index contributed by atoms with van der Waals surface area (Å²) >= 11 is 0. The number of nitrogens with zero attached hydrogens (tertiary/aromatic N) is 4. The molecule has 0 saturated heterocycles. The van der Waals surface area contributed by atoms with Gasteiger partial charge in [-0.1, -0.05) is 0 Å². The Hall–Kier alpha value is -2.04. The first-order valence-electron chi connectivity index (χ1n) is 3.76. The number of aromatic nitrogens is 3. The number of hydrogen-bond donors (Lipinski definition) is 1. The molecule has 2 heterocycles. The maximum absolute atomic E-state index is 3.92. The van der Waals surface area contributed by atoms with Crippen molar-refractivity contribution in [2.24, 2.45) is 10.2 Å². The minimum Gasteiger partial charge on any atom is -0.328 e. The van der Waals surface area contributed by atoms with E-state index in [1.54, 1.807) is 30.9 Å². The molecule has 0 saturated carbocycles. The molecule has 0 atom stereocenters. The van der Waals surface area contributed by atoms with Crippen molar-refractivity contribution in [1.29, 1.82) is 0 Å². The Bertz CT molecular complexity index is 378. The highest BCUT2D eigenvalue weighted by atomic mass is 15.2. The molecule has 2 rings (SSSR count). The fourth-order valence-corrected chi connectivity index (χ4v) is 0.830. The molecule has 0 amide bonds. The number of imidazole rings is 1. The van der Waals surface area contributed by atoms with Gasteiger partial charge in [-0.15, -0.1) is 10.2 Å². The van der Waals surface area contributed by atoms with Crippen LogP contribution in [0.25, 0.3) is 0 Å². The minimum absolute atomic E-state index is 0.490. The Kier molecular flexibility index (Phi) is 2.09. The summed E-state index contributed by atoms with van der Waals surface area (Å²) in [5, 5.41) is 7.77. The summed E-state index contributed by atoms with van der Waals surface area (Å²) in [4.78, 5) is 10.6. The second kappa shape index (κ2) is 3.57. The number of pyridine rings is 1. The van der Waals surface area contributed by atoms with Crippen LogP contribution >= 0.6 is 0 Å². The van der Waals surface area contributed by atoms with Gasteiger partial charge in [-0.25, -0.2) is 4.98 Å². The van der Waals surface area contributed by atoms with Crippen LogP contribution in [0.1, 0.15) is 0 Å². The molecule has 0 spiro atoms. The van der Waals surface area contributed by atoms with Crippen molar-refractivity contribution in [2.45, 2.75) is 0 Å². The van der Waals surface area contributed by atoms with Crippen LogP contribution in [0.3, 0.4) is 0 Å². The number of H-pyrrole nitrogens is 1. The summed E-state index contributed by atoms with van der Waals surface area (Å²) in [7, 11) is 0. The molecule has 0 aliphatic carbocycles. The van der Waals surface area contributed by atoms with Crippen molar-refractivity contribution >= 4 is 11.6 Å². The molecule has 64 valence electrons. The quantitative estimate of drug-likeness (QED) is 0.707. The van der Waals surface area contributed by atoms with Gasteiger partial charge in [0.05, 0.1) is 6.20 Å². The first-order chi connectivity index (χ1) is 6.45. The fraction of sp³-hybridized carbons (Fsp3) is 0. The van der Waals surface area contributed by atoms with Crippen LogP contribution in [0.15, 0.2) is 47.1 Å². The van der Waals surface area contributed by atoms with Crippen LogP contribution < -0.4 is 0 Å². The highest BCUT2D eigenvalue weighted by molar-refractivity contribution is 5.31. The number of nitrogens with one attached hydrogen (secondary N) is 1. The molecule has 0 radical (unpaired) electrons. The highest BCUT2D eigenvalue weighted by Gasteiger charge is 1.89. The average Bonchev–Trinajstić information content (AvgIpc) is 2.69. The standard InChI is InChI=1S/C8H7N5/c1-2-7(6-9-3-1)12-13-8-10-4-5-11-8/h1-6H,(H,10,11)/b13-12+. The Balaban J connectivity index is 2.15. The van der Waals surface area contributed by atoms with Gasteiger partial charge in [0.15, 0.2) is 0 Å². The van der Waals surface area contributed by atoms with Crippen LogP contribution in [-0.2, 0) is 0 Å². The topological polar surface area (TPSA) is 66.3 Å². The number of rotatable bonds is 2. The van der Waals surface area contributed by atoms with Crippen LogP contribution in [0.5, 0.6) is 0 Å². The maximum Gasteiger partial charge on any atom is 0.246 e. The zero-order valence-electron chi connectivity index (χ0n) is 6.75. The highest BCUT2D eigenvalue weighted by Crippen LogP contribution is 2.11. The first-order valence-corrected chi connectivity index (χ1v) is 3.76. The van der Waals surface area contributed by atoms with E-state index in [2.05, 4.69) is 25.2 Å². The van der Waals surface area contributed by atoms with Gasteiger partial charge in [-0.3, -0.25) is 4.98 Å². The smallest absolute Gasteiger partial charge is 0.246 e. The lowest BCUT2D eigenvalue weighted by molar-refractivity contribution is 1.11. The molecule has 2 aromatic rings. The largest absolute Gasteiger partial charge is 0.328 e. The SMILES string of the molecule is c1cncc(/N=N/c2ncc[nH]2)c1. The Morgan fingerprint density at radius 1 is 1.23 bits per heavy atom. The zero-order valence-corrected chi connectivity index (χ0v) is 6.75. The molecule has 0 bridgehead atoms. The van der Waals surface area contributed by atoms with Gasteiger partial charge in [0, 0.05) is 18.6 Å². The van der Waals surface area contributed by atoms with E-state index in [-0.39, 0.29) is 0 Å². The van der Waals surface area contributed by atoms with Crippen molar-refractivity contribution < 1.29 is 0 Å². The molecular formula is C8H7N5. The van der Waals surface area contributed by atoms with E-state index in [9.17, 15) is 0 Å². The second-order valence-corrected chi connectivity index (χ2v) is 2.32. The summed E-state index contributed by atoms with van der Waals surface area (Å²) in [5.74, 6) is 0.490. The first kappa shape index (κ1) is 7.60. The summed E-state index contributed by atoms with van der Waals surface area (Å²) in [6, 6.07) is 3.62. The molecule has 5 heteroatoms. The second-order valence-electron chi connectivity index (χ2n) is 2.32. The Morgan fingerprint density at radius 3 is 2.92 bits per heavy atom. The fourth-order valence-electron chi connectivity index (χ4n) is 0.830. The van der Waals surface area contributed by atoms with Gasteiger partial charge < -0.3 is 4.98 Å². The summed E-state index contributed by atoms with van der Waals surface area (Å²) < 4.78 is 0. The zero-order chi connectivity index (χ0) is 8.93. The van der Waals surface area contributed by atoms with Crippen molar-refractivity contribution in [2.75, 3.05) is 0 Å². The van der Waals surface area contributed by atoms with E-state index >= 15 is 0 Å². The minimum atomic E-state index is 0.490. The molecular weight excluding hydrogens is 166 g/mol. The maximum atomic E-state index is 3.92. The van der Waals surface area contributed by atoms with Gasteiger partial charge in [0.1, 0.15) is 5.69 Å². The predicted molar refractivity (Wildman–Crippen MR) is 47.0 cm³/mol. The van der Waals surface area contributed by atoms with E-state index in [1.807, 2.05) is 6.07 Å². The van der Waals surface area contributed by atoms with Gasteiger partial charge in [0.2, 0.25) is 5.95 Å². The third-order valence-electron chi connectivity index (χ3n) is 1.39. The van der Waals surface area contributed by atoms with Crippen molar-refractivity contribution in [3.63, 3.8) is 0 Å². The average molecular weight is 173 g/mol. The summed E-state index contributed by atoms with van der Waals surface area (Å²) in [6.45, 7) is 0. The Morgan fingerprint density at radius 2 is 2.23 bits per heavy atom. The lowest BCUT2D eigenvalue weighted by atomic mass is 10.4. The lowest BCUT2D eigenvalue weighted by Gasteiger charge is -1.87. The molecule has 0 unspecified atom stereocenters. The molecule has 0 aliphatic heterocycles. The number of azo groups is 1. The lowest BCUT2D eigenvalue weighted by Crippen LogP contribution is -1.67. The monoisotopic (exact) mass is 173 g/mol. The van der Waals surface area contributed by atoms with Gasteiger partial charge >= 0.3 is 0 Å². The van der Waals surface area contributed by atoms with Crippen LogP contribution in [0, 0.1) is 0 Å².